The molecule has 0 aliphatic carbocycles. The Morgan fingerprint density at radius 2 is 1.66 bits per heavy atom. The lowest BCUT2D eigenvalue weighted by molar-refractivity contribution is -0.131. The molecule has 3 rings (SSSR count). The number of carboxylic acid groups (broad SMARTS) is 1. The second-order valence-corrected chi connectivity index (χ2v) is 6.85. The van der Waals surface area contributed by atoms with Crippen LogP contribution >= 0.6 is 0 Å². The minimum absolute atomic E-state index is 0.0132. The van der Waals surface area contributed by atoms with Crippen molar-refractivity contribution in [3.05, 3.63) is 95.6 Å². The van der Waals surface area contributed by atoms with Gasteiger partial charge in [0.15, 0.2) is 0 Å². The Balaban J connectivity index is 1.75. The van der Waals surface area contributed by atoms with E-state index in [0.717, 1.165) is 53.4 Å². The summed E-state index contributed by atoms with van der Waals surface area (Å²) in [6, 6.07) is 24.0. The Hall–Kier alpha value is -3.37. The molecule has 148 valence electrons. The zero-order chi connectivity index (χ0) is 20.5. The molecular weight excluding hydrogens is 362 g/mol. The highest BCUT2D eigenvalue weighted by Crippen LogP contribution is 2.27. The van der Waals surface area contributed by atoms with Crippen LogP contribution in [0.3, 0.4) is 0 Å². The summed E-state index contributed by atoms with van der Waals surface area (Å²) in [5.74, 6) is -0.979. The lowest BCUT2D eigenvalue weighted by Gasteiger charge is -2.12. The van der Waals surface area contributed by atoms with Gasteiger partial charge in [0, 0.05) is 18.3 Å². The minimum atomic E-state index is -0.979. The Morgan fingerprint density at radius 3 is 2.41 bits per heavy atom. The quantitative estimate of drug-likeness (QED) is 0.357. The first kappa shape index (κ1) is 20.4. The van der Waals surface area contributed by atoms with Gasteiger partial charge < -0.3 is 15.5 Å². The fourth-order valence-corrected chi connectivity index (χ4v) is 3.21. The SMILES string of the molecule is O=C(O)/C=C/c1cc(-c2cccc(CO)c2)ccc1NCCCc1ccccc1. The summed E-state index contributed by atoms with van der Waals surface area (Å²) in [4.78, 5) is 11.0. The third-order valence-corrected chi connectivity index (χ3v) is 4.70. The van der Waals surface area contributed by atoms with E-state index < -0.39 is 5.97 Å². The molecule has 3 aromatic rings. The van der Waals surface area contributed by atoms with Crippen LogP contribution in [0.1, 0.15) is 23.1 Å². The monoisotopic (exact) mass is 387 g/mol. The maximum atomic E-state index is 11.0. The van der Waals surface area contributed by atoms with Crippen LogP contribution in [0.4, 0.5) is 5.69 Å². The van der Waals surface area contributed by atoms with Crippen LogP contribution in [0.2, 0.25) is 0 Å². The van der Waals surface area contributed by atoms with Crippen molar-refractivity contribution < 1.29 is 15.0 Å². The van der Waals surface area contributed by atoms with Gasteiger partial charge in [-0.3, -0.25) is 0 Å². The Morgan fingerprint density at radius 1 is 0.897 bits per heavy atom. The van der Waals surface area contributed by atoms with Crippen LogP contribution in [-0.4, -0.2) is 22.7 Å². The number of carboxylic acids is 1. The average Bonchev–Trinajstić information content (AvgIpc) is 2.76. The van der Waals surface area contributed by atoms with Crippen molar-refractivity contribution in [2.75, 3.05) is 11.9 Å². The maximum absolute atomic E-state index is 11.0. The second-order valence-electron chi connectivity index (χ2n) is 6.85. The van der Waals surface area contributed by atoms with Gasteiger partial charge in [0.1, 0.15) is 0 Å². The first-order valence-electron chi connectivity index (χ1n) is 9.69. The fourth-order valence-electron chi connectivity index (χ4n) is 3.21. The lowest BCUT2D eigenvalue weighted by Crippen LogP contribution is -2.04. The minimum Gasteiger partial charge on any atom is -0.478 e. The molecule has 0 aliphatic rings. The molecule has 0 aliphatic heterocycles. The number of aryl methyl sites for hydroxylation is 1. The summed E-state index contributed by atoms with van der Waals surface area (Å²) in [5, 5.41) is 21.8. The number of rotatable bonds is 9. The normalized spacial score (nSPS) is 10.9. The summed E-state index contributed by atoms with van der Waals surface area (Å²) < 4.78 is 0. The van der Waals surface area contributed by atoms with Gasteiger partial charge >= 0.3 is 5.97 Å². The lowest BCUT2D eigenvalue weighted by atomic mass is 9.99. The van der Waals surface area contributed by atoms with E-state index in [0.29, 0.717) is 0 Å². The Bertz CT molecular complexity index is 980. The molecule has 3 aromatic carbocycles. The van der Waals surface area contributed by atoms with E-state index in [2.05, 4.69) is 17.4 Å². The zero-order valence-corrected chi connectivity index (χ0v) is 16.2. The van der Waals surface area contributed by atoms with E-state index in [1.807, 2.05) is 60.7 Å². The number of hydrogen-bond donors (Lipinski definition) is 3. The predicted molar refractivity (Wildman–Crippen MR) is 118 cm³/mol. The summed E-state index contributed by atoms with van der Waals surface area (Å²) in [5.41, 5.74) is 5.82. The van der Waals surface area contributed by atoms with Gasteiger partial charge in [0.05, 0.1) is 6.61 Å². The van der Waals surface area contributed by atoms with Crippen molar-refractivity contribution in [2.24, 2.45) is 0 Å². The van der Waals surface area contributed by atoms with Crippen LogP contribution in [0.15, 0.2) is 78.9 Å². The molecule has 0 saturated heterocycles. The largest absolute Gasteiger partial charge is 0.478 e. The second kappa shape index (κ2) is 10.2. The van der Waals surface area contributed by atoms with Crippen LogP contribution < -0.4 is 5.32 Å². The molecule has 0 amide bonds. The molecular formula is C25H25NO3. The Kier molecular flexibility index (Phi) is 7.20. The summed E-state index contributed by atoms with van der Waals surface area (Å²) in [6.07, 6.45) is 4.73. The topological polar surface area (TPSA) is 69.6 Å². The first-order valence-corrected chi connectivity index (χ1v) is 9.69. The molecule has 4 heteroatoms. The molecule has 4 nitrogen and oxygen atoms in total. The van der Waals surface area contributed by atoms with Gasteiger partial charge in [-0.1, -0.05) is 54.6 Å². The third-order valence-electron chi connectivity index (χ3n) is 4.70. The molecule has 29 heavy (non-hydrogen) atoms. The summed E-state index contributed by atoms with van der Waals surface area (Å²) in [6.45, 7) is 0.781. The molecule has 0 fully saturated rings. The summed E-state index contributed by atoms with van der Waals surface area (Å²) in [7, 11) is 0. The number of carbonyl (C=O) groups is 1. The van der Waals surface area contributed by atoms with Gasteiger partial charge in [-0.25, -0.2) is 4.79 Å². The fraction of sp³-hybridized carbons (Fsp3) is 0.160. The number of benzene rings is 3. The standard InChI is InChI=1S/C25H25NO3/c27-18-20-8-4-10-21(16-20)22-11-13-24(23(17-22)12-14-25(28)29)26-15-5-9-19-6-2-1-3-7-19/h1-4,6-8,10-14,16-17,26-27H,5,9,15,18H2,(H,28,29)/b14-12+. The van der Waals surface area contributed by atoms with Crippen molar-refractivity contribution >= 4 is 17.7 Å². The average molecular weight is 387 g/mol. The van der Waals surface area contributed by atoms with E-state index in [1.54, 1.807) is 6.08 Å². The zero-order valence-electron chi connectivity index (χ0n) is 16.2. The van der Waals surface area contributed by atoms with Gasteiger partial charge in [0.25, 0.3) is 0 Å². The number of aliphatic hydroxyl groups excluding tert-OH is 1. The molecule has 3 N–H and O–H groups in total. The molecule has 0 atom stereocenters. The van der Waals surface area contributed by atoms with Gasteiger partial charge in [0.2, 0.25) is 0 Å². The van der Waals surface area contributed by atoms with Crippen molar-refractivity contribution in [3.8, 4) is 11.1 Å². The van der Waals surface area contributed by atoms with E-state index >= 15 is 0 Å². The molecule has 0 aromatic heterocycles. The van der Waals surface area contributed by atoms with Crippen molar-refractivity contribution in [3.63, 3.8) is 0 Å². The van der Waals surface area contributed by atoms with Crippen LogP contribution in [-0.2, 0) is 17.8 Å². The van der Waals surface area contributed by atoms with Gasteiger partial charge in [-0.05, 0) is 64.9 Å². The van der Waals surface area contributed by atoms with E-state index in [-0.39, 0.29) is 6.61 Å². The van der Waals surface area contributed by atoms with Gasteiger partial charge in [-0.2, -0.15) is 0 Å². The third kappa shape index (κ3) is 6.06. The highest BCUT2D eigenvalue weighted by Gasteiger charge is 2.05. The molecule has 0 radical (unpaired) electrons. The molecule has 0 heterocycles. The van der Waals surface area contributed by atoms with Crippen LogP contribution in [0, 0.1) is 0 Å². The summed E-state index contributed by atoms with van der Waals surface area (Å²) >= 11 is 0. The number of aliphatic hydroxyl groups is 1. The maximum Gasteiger partial charge on any atom is 0.328 e. The number of nitrogens with one attached hydrogen (secondary N) is 1. The highest BCUT2D eigenvalue weighted by atomic mass is 16.4. The Labute approximate surface area is 171 Å². The first-order chi connectivity index (χ1) is 14.2. The van der Waals surface area contributed by atoms with Crippen molar-refractivity contribution in [2.45, 2.75) is 19.4 Å². The molecule has 0 saturated carbocycles. The highest BCUT2D eigenvalue weighted by molar-refractivity contribution is 5.87. The predicted octanol–water partition coefficient (Wildman–Crippen LogP) is 4.99. The van der Waals surface area contributed by atoms with Crippen LogP contribution in [0.5, 0.6) is 0 Å². The molecule has 0 spiro atoms. The smallest absolute Gasteiger partial charge is 0.328 e. The number of anilines is 1. The van der Waals surface area contributed by atoms with E-state index in [1.165, 1.54) is 5.56 Å². The van der Waals surface area contributed by atoms with Crippen LogP contribution in [0.25, 0.3) is 17.2 Å². The van der Waals surface area contributed by atoms with E-state index in [9.17, 15) is 9.90 Å². The van der Waals surface area contributed by atoms with Crippen molar-refractivity contribution in [1.29, 1.82) is 0 Å². The number of hydrogen-bond acceptors (Lipinski definition) is 3. The molecule has 0 unspecified atom stereocenters. The van der Waals surface area contributed by atoms with E-state index in [4.69, 9.17) is 5.11 Å². The van der Waals surface area contributed by atoms with Gasteiger partial charge in [-0.15, -0.1) is 0 Å². The molecule has 0 bridgehead atoms. The van der Waals surface area contributed by atoms with Crippen molar-refractivity contribution in [1.82, 2.24) is 0 Å². The number of aliphatic carboxylic acids is 1.